The molecule has 1 aliphatic rings. The third-order valence-electron chi connectivity index (χ3n) is 3.78. The van der Waals surface area contributed by atoms with Crippen LogP contribution >= 0.6 is 0 Å². The van der Waals surface area contributed by atoms with Gasteiger partial charge in [-0.1, -0.05) is 32.0 Å². The highest BCUT2D eigenvalue weighted by Gasteiger charge is 2.37. The number of imide groups is 1. The van der Waals surface area contributed by atoms with Gasteiger partial charge < -0.3 is 10.1 Å². The van der Waals surface area contributed by atoms with Crippen molar-refractivity contribution in [3.8, 4) is 5.75 Å². The third-order valence-corrected chi connectivity index (χ3v) is 3.78. The van der Waals surface area contributed by atoms with Gasteiger partial charge in [0.15, 0.2) is 0 Å². The van der Waals surface area contributed by atoms with Crippen molar-refractivity contribution in [3.05, 3.63) is 29.3 Å². The van der Waals surface area contributed by atoms with E-state index in [4.69, 9.17) is 4.74 Å². The molecular formula is C17H24N2O3. The number of rotatable bonds is 6. The first-order valence-electron chi connectivity index (χ1n) is 7.71. The van der Waals surface area contributed by atoms with Crippen molar-refractivity contribution < 1.29 is 14.3 Å². The van der Waals surface area contributed by atoms with E-state index in [1.807, 2.05) is 45.9 Å². The van der Waals surface area contributed by atoms with Crippen LogP contribution in [0.3, 0.4) is 0 Å². The highest BCUT2D eigenvalue weighted by Crippen LogP contribution is 2.22. The fourth-order valence-corrected chi connectivity index (χ4v) is 2.69. The zero-order valence-electron chi connectivity index (χ0n) is 13.7. The Kier molecular flexibility index (Phi) is 5.06. The molecule has 1 N–H and O–H groups in total. The van der Waals surface area contributed by atoms with Crippen molar-refractivity contribution >= 4 is 11.9 Å². The zero-order valence-corrected chi connectivity index (χ0v) is 13.7. The van der Waals surface area contributed by atoms with Gasteiger partial charge in [0, 0.05) is 0 Å². The van der Waals surface area contributed by atoms with Crippen LogP contribution in [0.25, 0.3) is 0 Å². The molecule has 0 bridgehead atoms. The van der Waals surface area contributed by atoms with Gasteiger partial charge in [0.2, 0.25) is 0 Å². The second-order valence-electron chi connectivity index (χ2n) is 6.19. The SMILES string of the molecule is Cc1cccc(C)c1OCCN1C(=O)N[C@H](CC(C)C)C1=O. The third kappa shape index (κ3) is 3.59. The van der Waals surface area contributed by atoms with E-state index in [0.717, 1.165) is 16.9 Å². The number of nitrogens with one attached hydrogen (secondary N) is 1. The Bertz CT molecular complexity index is 549. The van der Waals surface area contributed by atoms with Crippen LogP contribution in [0.15, 0.2) is 18.2 Å². The predicted octanol–water partition coefficient (Wildman–Crippen LogP) is 2.65. The zero-order chi connectivity index (χ0) is 16.3. The molecule has 22 heavy (non-hydrogen) atoms. The second-order valence-corrected chi connectivity index (χ2v) is 6.19. The summed E-state index contributed by atoms with van der Waals surface area (Å²) in [6.45, 7) is 8.61. The maximum atomic E-state index is 12.2. The van der Waals surface area contributed by atoms with Crippen molar-refractivity contribution in [3.63, 3.8) is 0 Å². The second kappa shape index (κ2) is 6.81. The largest absolute Gasteiger partial charge is 0.491 e. The Morgan fingerprint density at radius 2 is 1.86 bits per heavy atom. The van der Waals surface area contributed by atoms with E-state index in [-0.39, 0.29) is 18.5 Å². The standard InChI is InChI=1S/C17H24N2O3/c1-11(2)10-14-16(20)19(17(21)18-14)8-9-22-15-12(3)6-5-7-13(15)4/h5-7,11,14H,8-10H2,1-4H3,(H,18,21)/t14-/m1/s1. The monoisotopic (exact) mass is 304 g/mol. The first-order chi connectivity index (χ1) is 10.4. The molecule has 1 aromatic rings. The van der Waals surface area contributed by atoms with Crippen LogP contribution in [0.5, 0.6) is 5.75 Å². The predicted molar refractivity (Wildman–Crippen MR) is 84.9 cm³/mol. The molecule has 0 saturated carbocycles. The number of carbonyl (C=O) groups is 2. The van der Waals surface area contributed by atoms with Crippen LogP contribution in [-0.4, -0.2) is 36.0 Å². The quantitative estimate of drug-likeness (QED) is 0.822. The van der Waals surface area contributed by atoms with Gasteiger partial charge >= 0.3 is 6.03 Å². The first-order valence-corrected chi connectivity index (χ1v) is 7.71. The maximum Gasteiger partial charge on any atom is 0.324 e. The molecule has 5 nitrogen and oxygen atoms in total. The summed E-state index contributed by atoms with van der Waals surface area (Å²) >= 11 is 0. The molecule has 1 aromatic carbocycles. The summed E-state index contributed by atoms with van der Waals surface area (Å²) in [7, 11) is 0. The van der Waals surface area contributed by atoms with Gasteiger partial charge in [-0.2, -0.15) is 0 Å². The van der Waals surface area contributed by atoms with Crippen molar-refractivity contribution in [1.82, 2.24) is 10.2 Å². The molecule has 1 atom stereocenters. The van der Waals surface area contributed by atoms with E-state index in [2.05, 4.69) is 5.32 Å². The molecule has 5 heteroatoms. The molecule has 1 saturated heterocycles. The molecule has 0 aliphatic carbocycles. The van der Waals surface area contributed by atoms with Crippen LogP contribution in [-0.2, 0) is 4.79 Å². The lowest BCUT2D eigenvalue weighted by atomic mass is 10.0. The Morgan fingerprint density at radius 3 is 2.45 bits per heavy atom. The number of aryl methyl sites for hydroxylation is 2. The molecule has 120 valence electrons. The Balaban J connectivity index is 1.92. The van der Waals surface area contributed by atoms with Crippen molar-refractivity contribution in [1.29, 1.82) is 0 Å². The Morgan fingerprint density at radius 1 is 1.23 bits per heavy atom. The molecule has 2 rings (SSSR count). The Hall–Kier alpha value is -2.04. The molecular weight excluding hydrogens is 280 g/mol. The number of para-hydroxylation sites is 1. The summed E-state index contributed by atoms with van der Waals surface area (Å²) in [6.07, 6.45) is 0.666. The number of hydrogen-bond acceptors (Lipinski definition) is 3. The normalized spacial score (nSPS) is 18.0. The van der Waals surface area contributed by atoms with Crippen LogP contribution < -0.4 is 10.1 Å². The van der Waals surface area contributed by atoms with Gasteiger partial charge in [0.05, 0.1) is 6.54 Å². The van der Waals surface area contributed by atoms with E-state index in [9.17, 15) is 9.59 Å². The molecule has 1 fully saturated rings. The van der Waals surface area contributed by atoms with E-state index >= 15 is 0 Å². The molecule has 0 spiro atoms. The minimum Gasteiger partial charge on any atom is -0.491 e. The van der Waals surface area contributed by atoms with Crippen molar-refractivity contribution in [2.45, 2.75) is 40.2 Å². The van der Waals surface area contributed by atoms with E-state index < -0.39 is 6.04 Å². The molecule has 3 amide bonds. The van der Waals surface area contributed by atoms with Crippen LogP contribution in [0.4, 0.5) is 4.79 Å². The first kappa shape index (κ1) is 16.3. The van der Waals surface area contributed by atoms with Crippen LogP contribution in [0, 0.1) is 19.8 Å². The van der Waals surface area contributed by atoms with Gasteiger partial charge in [0.25, 0.3) is 5.91 Å². The summed E-state index contributed by atoms with van der Waals surface area (Å²) in [5.74, 6) is 1.04. The lowest BCUT2D eigenvalue weighted by Crippen LogP contribution is -2.35. The fraction of sp³-hybridized carbons (Fsp3) is 0.529. The van der Waals surface area contributed by atoms with Crippen LogP contribution in [0.2, 0.25) is 0 Å². The molecule has 1 aliphatic heterocycles. The van der Waals surface area contributed by atoms with Crippen LogP contribution in [0.1, 0.15) is 31.4 Å². The molecule has 1 heterocycles. The number of hydrogen-bond donors (Lipinski definition) is 1. The maximum absolute atomic E-state index is 12.2. The number of ether oxygens (including phenoxy) is 1. The lowest BCUT2D eigenvalue weighted by Gasteiger charge is -2.16. The number of amides is 3. The minimum absolute atomic E-state index is 0.149. The summed E-state index contributed by atoms with van der Waals surface area (Å²) < 4.78 is 5.77. The van der Waals surface area contributed by atoms with Gasteiger partial charge in [-0.05, 0) is 37.3 Å². The van der Waals surface area contributed by atoms with E-state index in [1.54, 1.807) is 0 Å². The van der Waals surface area contributed by atoms with Crippen molar-refractivity contribution in [2.24, 2.45) is 5.92 Å². The summed E-state index contributed by atoms with van der Waals surface area (Å²) in [5, 5.41) is 2.74. The number of nitrogens with zero attached hydrogens (tertiary/aromatic N) is 1. The van der Waals surface area contributed by atoms with E-state index in [0.29, 0.717) is 18.9 Å². The van der Waals surface area contributed by atoms with Crippen molar-refractivity contribution in [2.75, 3.05) is 13.2 Å². The highest BCUT2D eigenvalue weighted by molar-refractivity contribution is 6.04. The average Bonchev–Trinajstić information content (AvgIpc) is 2.68. The summed E-state index contributed by atoms with van der Waals surface area (Å²) in [5.41, 5.74) is 2.10. The minimum atomic E-state index is -0.396. The summed E-state index contributed by atoms with van der Waals surface area (Å²) in [4.78, 5) is 25.4. The number of urea groups is 1. The lowest BCUT2D eigenvalue weighted by molar-refractivity contribution is -0.128. The Labute approximate surface area is 131 Å². The average molecular weight is 304 g/mol. The van der Waals surface area contributed by atoms with Gasteiger partial charge in [-0.15, -0.1) is 0 Å². The summed E-state index contributed by atoms with van der Waals surface area (Å²) in [6, 6.07) is 5.23. The molecule has 0 unspecified atom stereocenters. The topological polar surface area (TPSA) is 58.6 Å². The number of benzene rings is 1. The highest BCUT2D eigenvalue weighted by atomic mass is 16.5. The molecule has 0 aromatic heterocycles. The van der Waals surface area contributed by atoms with Gasteiger partial charge in [0.1, 0.15) is 18.4 Å². The van der Waals surface area contributed by atoms with Gasteiger partial charge in [-0.3, -0.25) is 9.69 Å². The fourth-order valence-electron chi connectivity index (χ4n) is 2.69. The van der Waals surface area contributed by atoms with Gasteiger partial charge in [-0.25, -0.2) is 4.79 Å². The van der Waals surface area contributed by atoms with E-state index in [1.165, 1.54) is 4.90 Å². The smallest absolute Gasteiger partial charge is 0.324 e. The molecule has 0 radical (unpaired) electrons. The number of carbonyl (C=O) groups excluding carboxylic acids is 2.